The SMILES string of the molecule is C.C.C.C.CC.CC.COCCCNC(=O)CCCC(=O)NC(CCC(=O)NCCCCCCOC1OC(CO)C(O)C(O)C1C)(CCC(=O)NCCCCCCOC1OC(CO)C(O)C(O)C1C)CCC(=O)NCCCCCCOC1OC(CO)C(O)C(O)C1C.COP(=O)(O)OCCCCCCN. The third kappa shape index (κ3) is 48.2. The second-order valence-corrected chi connectivity index (χ2v) is 27.2. The van der Waals surface area contributed by atoms with Crippen LogP contribution in [0.5, 0.6) is 0 Å². The van der Waals surface area contributed by atoms with Crippen LogP contribution in [0, 0.1) is 17.8 Å². The van der Waals surface area contributed by atoms with Gasteiger partial charge in [0.25, 0.3) is 0 Å². The van der Waals surface area contributed by atoms with Gasteiger partial charge in [-0.25, -0.2) is 4.57 Å². The predicted molar refractivity (Wildman–Crippen MR) is 405 cm³/mol. The highest BCUT2D eigenvalue weighted by Gasteiger charge is 2.45. The Morgan fingerprint density at radius 3 is 1.02 bits per heavy atom. The van der Waals surface area contributed by atoms with Crippen LogP contribution in [0.1, 0.15) is 245 Å². The van der Waals surface area contributed by atoms with Crippen molar-refractivity contribution in [2.45, 2.75) is 324 Å². The molecule has 17 N–H and O–H groups in total. The topological polar surface area (TPSA) is 474 Å². The van der Waals surface area contributed by atoms with E-state index in [1.54, 1.807) is 27.9 Å². The first-order chi connectivity index (χ1) is 48.4. The molecule has 16 unspecified atom stereocenters. The molecule has 630 valence electrons. The fraction of sp³-hybridized carbons (Fsp3) is 0.932. The molecular formula is C73H153N6O25P. The molecule has 16 atom stereocenters. The molecule has 32 heteroatoms. The lowest BCUT2D eigenvalue weighted by Crippen LogP contribution is -2.55. The molecule has 31 nitrogen and oxygen atoms in total. The molecule has 0 saturated carbocycles. The molecule has 0 aliphatic carbocycles. The second kappa shape index (κ2) is 67.7. The first kappa shape index (κ1) is 110. The number of nitrogens with two attached hydrogens (primary N) is 1. The van der Waals surface area contributed by atoms with Gasteiger partial charge in [0, 0.05) is 122 Å². The second-order valence-electron chi connectivity index (χ2n) is 25.7. The number of nitrogens with one attached hydrogen (secondary N) is 5. The van der Waals surface area contributed by atoms with Crippen molar-refractivity contribution in [3.05, 3.63) is 0 Å². The molecule has 0 bridgehead atoms. The van der Waals surface area contributed by atoms with E-state index in [1.807, 2.05) is 27.7 Å². The number of hydrogen-bond donors (Lipinski definition) is 16. The van der Waals surface area contributed by atoms with Crippen LogP contribution in [-0.4, -0.2) is 260 Å². The van der Waals surface area contributed by atoms with Gasteiger partial charge >= 0.3 is 7.82 Å². The number of amides is 5. The number of aliphatic hydroxyl groups is 9. The van der Waals surface area contributed by atoms with Gasteiger partial charge in [0.1, 0.15) is 36.6 Å². The maximum atomic E-state index is 13.8. The summed E-state index contributed by atoms with van der Waals surface area (Å²) in [5.41, 5.74) is 4.14. The Bertz CT molecular complexity index is 1990. The van der Waals surface area contributed by atoms with Crippen LogP contribution >= 0.6 is 7.82 Å². The Kier molecular flexibility index (Phi) is 71.1. The number of ether oxygens (including phenoxy) is 7. The number of aliphatic hydroxyl groups excluding tert-OH is 9. The van der Waals surface area contributed by atoms with Crippen LogP contribution in [0.3, 0.4) is 0 Å². The monoisotopic (exact) mass is 1550 g/mol. The summed E-state index contributed by atoms with van der Waals surface area (Å²) >= 11 is 0. The van der Waals surface area contributed by atoms with Gasteiger partial charge in [0.05, 0.1) is 44.7 Å². The quantitative estimate of drug-likeness (QED) is 0.0257. The van der Waals surface area contributed by atoms with Gasteiger partial charge in [-0.1, -0.05) is 130 Å². The van der Waals surface area contributed by atoms with Gasteiger partial charge in [-0.2, -0.15) is 0 Å². The van der Waals surface area contributed by atoms with E-state index >= 15 is 0 Å². The average molecular weight is 1550 g/mol. The molecule has 3 heterocycles. The van der Waals surface area contributed by atoms with Crippen molar-refractivity contribution >= 4 is 37.4 Å². The highest BCUT2D eigenvalue weighted by Crippen LogP contribution is 2.42. The zero-order chi connectivity index (χ0) is 76.0. The summed E-state index contributed by atoms with van der Waals surface area (Å²) in [5.74, 6) is -2.89. The Morgan fingerprint density at radius 1 is 0.410 bits per heavy atom. The van der Waals surface area contributed by atoms with E-state index in [2.05, 4.69) is 35.6 Å². The van der Waals surface area contributed by atoms with E-state index in [-0.39, 0.29) is 124 Å². The normalized spacial score (nSPS) is 25.0. The highest BCUT2D eigenvalue weighted by molar-refractivity contribution is 7.47. The van der Waals surface area contributed by atoms with Crippen LogP contribution in [-0.2, 0) is 70.7 Å². The Hall–Kier alpha value is -3.22. The minimum Gasteiger partial charge on any atom is -0.394 e. The van der Waals surface area contributed by atoms with E-state index in [4.69, 9.17) is 43.8 Å². The van der Waals surface area contributed by atoms with Gasteiger partial charge in [-0.3, -0.25) is 33.0 Å². The molecule has 3 saturated heterocycles. The molecule has 0 radical (unpaired) electrons. The summed E-state index contributed by atoms with van der Waals surface area (Å²) in [6, 6.07) is 0. The molecule has 0 aromatic heterocycles. The van der Waals surface area contributed by atoms with Crippen molar-refractivity contribution in [1.29, 1.82) is 0 Å². The summed E-state index contributed by atoms with van der Waals surface area (Å²) < 4.78 is 59.0. The van der Waals surface area contributed by atoms with E-state index in [9.17, 15) is 74.5 Å². The fourth-order valence-corrected chi connectivity index (χ4v) is 11.7. The summed E-state index contributed by atoms with van der Waals surface area (Å²) in [4.78, 5) is 75.6. The molecule has 3 aliphatic heterocycles. The molecule has 5 amide bonds. The first-order valence-electron chi connectivity index (χ1n) is 37.3. The van der Waals surface area contributed by atoms with Crippen LogP contribution in [0.4, 0.5) is 0 Å². The molecular weight excluding hydrogens is 1390 g/mol. The molecule has 0 aromatic carbocycles. The minimum absolute atomic E-state index is 0. The van der Waals surface area contributed by atoms with E-state index in [1.165, 1.54) is 0 Å². The molecule has 3 aliphatic rings. The maximum Gasteiger partial charge on any atom is 0.471 e. The lowest BCUT2D eigenvalue weighted by atomic mass is 9.82. The largest absolute Gasteiger partial charge is 0.471 e. The van der Waals surface area contributed by atoms with Crippen LogP contribution < -0.4 is 32.3 Å². The van der Waals surface area contributed by atoms with Crippen molar-refractivity contribution in [1.82, 2.24) is 26.6 Å². The first-order valence-corrected chi connectivity index (χ1v) is 38.8. The van der Waals surface area contributed by atoms with Crippen LogP contribution in [0.15, 0.2) is 0 Å². The van der Waals surface area contributed by atoms with Gasteiger partial charge < -0.3 is 116 Å². The molecule has 0 aromatic rings. The number of methoxy groups -OCH3 is 1. The smallest absolute Gasteiger partial charge is 0.394 e. The van der Waals surface area contributed by atoms with Crippen molar-refractivity contribution in [2.24, 2.45) is 23.5 Å². The van der Waals surface area contributed by atoms with Gasteiger partial charge in [-0.05, 0) is 90.0 Å². The molecule has 0 spiro atoms. The molecule has 3 fully saturated rings. The average Bonchev–Trinajstić information content (AvgIpc) is 0.840. The molecule has 3 rings (SSSR count). The Balaban J connectivity index is -0.00000142. The summed E-state index contributed by atoms with van der Waals surface area (Å²) in [6.07, 6.45) is 1.55. The van der Waals surface area contributed by atoms with Crippen molar-refractivity contribution in [2.75, 3.05) is 99.8 Å². The molecule has 105 heavy (non-hydrogen) atoms. The van der Waals surface area contributed by atoms with E-state index in [0.717, 1.165) is 71.3 Å². The zero-order valence-corrected chi connectivity index (χ0v) is 63.3. The maximum absolute atomic E-state index is 13.8. The number of phosphoric ester groups is 1. The van der Waals surface area contributed by atoms with Crippen molar-refractivity contribution < 1.29 is 122 Å². The summed E-state index contributed by atoms with van der Waals surface area (Å²) in [7, 11) is -1.03. The number of unbranched alkanes of at least 4 members (excludes halogenated alkanes) is 12. The zero-order valence-electron chi connectivity index (χ0n) is 62.4. The number of carbonyl (C=O) groups is 5. The standard InChI is InChI=1S/C58H107N5O21.C7H18NO4P.2C2H6.4CH4/c1-38-49(72)52(75)41(35-64)82-55(38)79-32-14-8-5-11-27-59-45(68)21-24-58(63-48(71)20-17-19-44(67)62-30-18-31-78-4,25-22-46(69)60-28-12-6-9-15-33-80-56-39(2)50(73)53(76)42(36-65)83-56)26-23-47(70)61-29-13-7-10-16-34-81-57-40(3)51(74)54(77)43(37-66)84-57;1-11-13(9,10)12-7-5-3-2-4-6-8;2*1-2;;;;/h38-43,49-57,64-66,72-77H,5-37H2,1-4H3,(H,59,68)(H,60,69)(H,61,70)(H,62,67)(H,63,71);2-8H2,1H3,(H,9,10);2*1-2H3;4*1H4. The lowest BCUT2D eigenvalue weighted by molar-refractivity contribution is -0.282. The lowest BCUT2D eigenvalue weighted by Gasteiger charge is -2.40. The van der Waals surface area contributed by atoms with Crippen molar-refractivity contribution in [3.63, 3.8) is 0 Å². The Morgan fingerprint density at radius 2 is 0.705 bits per heavy atom. The van der Waals surface area contributed by atoms with Gasteiger partial charge in [-0.15, -0.1) is 0 Å². The summed E-state index contributed by atoms with van der Waals surface area (Å²) in [6.45, 7) is 15.7. The van der Waals surface area contributed by atoms with E-state index < -0.39 is 125 Å². The predicted octanol–water partition coefficient (Wildman–Crippen LogP) is 5.68. The van der Waals surface area contributed by atoms with Gasteiger partial charge in [0.15, 0.2) is 18.9 Å². The van der Waals surface area contributed by atoms with Crippen LogP contribution in [0.2, 0.25) is 0 Å². The van der Waals surface area contributed by atoms with Crippen molar-refractivity contribution in [3.8, 4) is 0 Å². The number of phosphoric acid groups is 1. The number of rotatable bonds is 53. The third-order valence-corrected chi connectivity index (χ3v) is 18.7. The fourth-order valence-electron chi connectivity index (χ4n) is 11.3. The minimum atomic E-state index is -3.75. The Labute approximate surface area is 630 Å². The van der Waals surface area contributed by atoms with Crippen LogP contribution in [0.25, 0.3) is 0 Å². The summed E-state index contributed by atoms with van der Waals surface area (Å²) in [5, 5.41) is 105. The van der Waals surface area contributed by atoms with E-state index in [0.29, 0.717) is 104 Å². The number of hydrogen-bond acceptors (Lipinski definition) is 25. The van der Waals surface area contributed by atoms with Gasteiger partial charge in [0.2, 0.25) is 29.5 Å². The third-order valence-electron chi connectivity index (χ3n) is 17.7. The highest BCUT2D eigenvalue weighted by atomic mass is 31.2. The number of carbonyl (C=O) groups excluding carboxylic acids is 5.